The zero-order valence-electron chi connectivity index (χ0n) is 14.8. The van der Waals surface area contributed by atoms with Crippen molar-refractivity contribution >= 4 is 17.5 Å². The first-order chi connectivity index (χ1) is 12.1. The van der Waals surface area contributed by atoms with Crippen LogP contribution in [0.4, 0.5) is 5.69 Å². The molecule has 2 fully saturated rings. The topological polar surface area (TPSA) is 70.7 Å². The lowest BCUT2D eigenvalue weighted by Crippen LogP contribution is -2.51. The van der Waals surface area contributed by atoms with E-state index in [1.165, 1.54) is 0 Å². The van der Waals surface area contributed by atoms with E-state index in [0.717, 1.165) is 43.7 Å². The second kappa shape index (κ2) is 7.97. The third-order valence-corrected chi connectivity index (χ3v) is 5.20. The zero-order chi connectivity index (χ0) is 17.7. The van der Waals surface area contributed by atoms with Gasteiger partial charge in [-0.3, -0.25) is 9.59 Å². The molecule has 0 atom stereocenters. The van der Waals surface area contributed by atoms with Crippen molar-refractivity contribution in [3.8, 4) is 0 Å². The molecular weight excluding hydrogens is 318 g/mol. The number of carbonyl (C=O) groups is 2. The van der Waals surface area contributed by atoms with E-state index in [1.807, 2.05) is 29.2 Å². The maximum atomic E-state index is 12.7. The van der Waals surface area contributed by atoms with E-state index in [9.17, 15) is 9.59 Å². The molecule has 1 aromatic carbocycles. The predicted octanol–water partition coefficient (Wildman–Crippen LogP) is 1.91. The number of ether oxygens (including phenoxy) is 1. The lowest BCUT2D eigenvalue weighted by atomic mass is 9.91. The third kappa shape index (κ3) is 4.19. The first-order valence-corrected chi connectivity index (χ1v) is 9.07. The summed E-state index contributed by atoms with van der Waals surface area (Å²) in [7, 11) is 1.60. The first-order valence-electron chi connectivity index (χ1n) is 9.07. The van der Waals surface area contributed by atoms with Gasteiger partial charge in [-0.05, 0) is 56.5 Å². The molecule has 2 N–H and O–H groups in total. The number of carbonyl (C=O) groups excluding carboxylic acids is 2. The molecule has 2 aliphatic heterocycles. The Labute approximate surface area is 148 Å². The highest BCUT2D eigenvalue weighted by molar-refractivity contribution is 5.97. The number of hydrogen-bond acceptors (Lipinski definition) is 4. The standard InChI is InChI=1S/C19H27N3O3/c1-25-19(8-10-20-11-9-19)18(24)21-16-6-4-5-15(13-16)14-22-12-3-2-7-17(22)23/h4-6,13,20H,2-3,7-12,14H2,1H3,(H,21,24). The molecule has 0 aliphatic carbocycles. The summed E-state index contributed by atoms with van der Waals surface area (Å²) < 4.78 is 5.57. The summed E-state index contributed by atoms with van der Waals surface area (Å²) in [5.74, 6) is 0.122. The molecule has 2 heterocycles. The summed E-state index contributed by atoms with van der Waals surface area (Å²) in [6, 6.07) is 7.74. The molecule has 25 heavy (non-hydrogen) atoms. The molecule has 136 valence electrons. The Morgan fingerprint density at radius 1 is 1.32 bits per heavy atom. The van der Waals surface area contributed by atoms with E-state index in [4.69, 9.17) is 4.74 Å². The molecule has 0 unspecified atom stereocenters. The normalized spacial score (nSPS) is 20.4. The van der Waals surface area contributed by atoms with Crippen LogP contribution in [0.3, 0.4) is 0 Å². The van der Waals surface area contributed by atoms with Crippen molar-refractivity contribution in [3.05, 3.63) is 29.8 Å². The molecule has 0 radical (unpaired) electrons. The van der Waals surface area contributed by atoms with Crippen molar-refractivity contribution in [2.75, 3.05) is 32.1 Å². The van der Waals surface area contributed by atoms with E-state index < -0.39 is 5.60 Å². The summed E-state index contributed by atoms with van der Waals surface area (Å²) in [4.78, 5) is 26.6. The van der Waals surface area contributed by atoms with Gasteiger partial charge in [0, 0.05) is 32.3 Å². The Morgan fingerprint density at radius 3 is 2.84 bits per heavy atom. The van der Waals surface area contributed by atoms with Gasteiger partial charge >= 0.3 is 0 Å². The summed E-state index contributed by atoms with van der Waals surface area (Å²) in [5.41, 5.74) is 1.02. The van der Waals surface area contributed by atoms with Crippen molar-refractivity contribution in [2.24, 2.45) is 0 Å². The van der Waals surface area contributed by atoms with Crippen LogP contribution in [0, 0.1) is 0 Å². The molecule has 0 spiro atoms. The molecule has 6 heteroatoms. The number of amides is 2. The number of likely N-dealkylation sites (tertiary alicyclic amines) is 1. The molecule has 2 amide bonds. The van der Waals surface area contributed by atoms with Gasteiger partial charge in [-0.15, -0.1) is 0 Å². The van der Waals surface area contributed by atoms with Crippen LogP contribution in [-0.2, 0) is 20.9 Å². The first kappa shape index (κ1) is 17.9. The minimum absolute atomic E-state index is 0.0947. The lowest BCUT2D eigenvalue weighted by molar-refractivity contribution is -0.140. The third-order valence-electron chi connectivity index (χ3n) is 5.20. The van der Waals surface area contributed by atoms with E-state index in [-0.39, 0.29) is 11.8 Å². The summed E-state index contributed by atoms with van der Waals surface area (Å²) >= 11 is 0. The quantitative estimate of drug-likeness (QED) is 0.855. The monoisotopic (exact) mass is 345 g/mol. The maximum absolute atomic E-state index is 12.7. The molecule has 0 aromatic heterocycles. The molecular formula is C19H27N3O3. The number of hydrogen-bond donors (Lipinski definition) is 2. The van der Waals surface area contributed by atoms with Crippen molar-refractivity contribution in [2.45, 2.75) is 44.2 Å². The van der Waals surface area contributed by atoms with Gasteiger partial charge in [0.15, 0.2) is 0 Å². The summed E-state index contributed by atoms with van der Waals surface area (Å²) in [5, 5.41) is 6.25. The van der Waals surface area contributed by atoms with Crippen LogP contribution in [0.1, 0.15) is 37.7 Å². The second-order valence-electron chi connectivity index (χ2n) is 6.88. The van der Waals surface area contributed by atoms with E-state index >= 15 is 0 Å². The van der Waals surface area contributed by atoms with E-state index in [2.05, 4.69) is 10.6 Å². The van der Waals surface area contributed by atoms with Crippen LogP contribution in [0.5, 0.6) is 0 Å². The van der Waals surface area contributed by atoms with Crippen molar-refractivity contribution in [1.82, 2.24) is 10.2 Å². The van der Waals surface area contributed by atoms with Gasteiger partial charge in [0.05, 0.1) is 0 Å². The fourth-order valence-electron chi connectivity index (χ4n) is 3.60. The van der Waals surface area contributed by atoms with Crippen LogP contribution >= 0.6 is 0 Å². The minimum atomic E-state index is -0.760. The molecule has 2 aliphatic rings. The molecule has 0 saturated carbocycles. The van der Waals surface area contributed by atoms with Crippen LogP contribution < -0.4 is 10.6 Å². The second-order valence-corrected chi connectivity index (χ2v) is 6.88. The SMILES string of the molecule is COC1(C(=O)Nc2cccc(CN3CCCCC3=O)c2)CCNCC1. The summed E-state index contributed by atoms with van der Waals surface area (Å²) in [6.45, 7) is 2.97. The van der Waals surface area contributed by atoms with E-state index in [1.54, 1.807) is 7.11 Å². The number of benzene rings is 1. The Bertz CT molecular complexity index is 626. The average Bonchev–Trinajstić information content (AvgIpc) is 2.64. The number of nitrogens with zero attached hydrogens (tertiary/aromatic N) is 1. The number of methoxy groups -OCH3 is 1. The Hall–Kier alpha value is -1.92. The van der Waals surface area contributed by atoms with Crippen molar-refractivity contribution in [3.63, 3.8) is 0 Å². The molecule has 1 aromatic rings. The van der Waals surface area contributed by atoms with E-state index in [0.29, 0.717) is 25.8 Å². The highest BCUT2D eigenvalue weighted by atomic mass is 16.5. The van der Waals surface area contributed by atoms with Gasteiger partial charge in [0.1, 0.15) is 5.60 Å². The van der Waals surface area contributed by atoms with Gasteiger partial charge < -0.3 is 20.3 Å². The fourth-order valence-corrected chi connectivity index (χ4v) is 3.60. The number of nitrogens with one attached hydrogen (secondary N) is 2. The van der Waals surface area contributed by atoms with Gasteiger partial charge in [-0.2, -0.15) is 0 Å². The molecule has 2 saturated heterocycles. The Balaban J connectivity index is 1.66. The zero-order valence-corrected chi connectivity index (χ0v) is 14.8. The highest BCUT2D eigenvalue weighted by Crippen LogP contribution is 2.25. The number of rotatable bonds is 5. The van der Waals surface area contributed by atoms with Crippen LogP contribution in [0.15, 0.2) is 24.3 Å². The smallest absolute Gasteiger partial charge is 0.256 e. The summed E-state index contributed by atoms with van der Waals surface area (Å²) in [6.07, 6.45) is 4.02. The highest BCUT2D eigenvalue weighted by Gasteiger charge is 2.39. The van der Waals surface area contributed by atoms with Crippen LogP contribution in [-0.4, -0.2) is 49.1 Å². The van der Waals surface area contributed by atoms with Crippen molar-refractivity contribution in [1.29, 1.82) is 0 Å². The van der Waals surface area contributed by atoms with Crippen LogP contribution in [0.2, 0.25) is 0 Å². The maximum Gasteiger partial charge on any atom is 0.256 e. The molecule has 0 bridgehead atoms. The molecule has 6 nitrogen and oxygen atoms in total. The number of anilines is 1. The number of piperidine rings is 2. The van der Waals surface area contributed by atoms with Gasteiger partial charge in [-0.25, -0.2) is 0 Å². The fraction of sp³-hybridized carbons (Fsp3) is 0.579. The van der Waals surface area contributed by atoms with Crippen LogP contribution in [0.25, 0.3) is 0 Å². The minimum Gasteiger partial charge on any atom is -0.368 e. The average molecular weight is 345 g/mol. The van der Waals surface area contributed by atoms with Gasteiger partial charge in [-0.1, -0.05) is 12.1 Å². The van der Waals surface area contributed by atoms with Gasteiger partial charge in [0.25, 0.3) is 5.91 Å². The predicted molar refractivity (Wildman–Crippen MR) is 96.2 cm³/mol. The Morgan fingerprint density at radius 2 is 2.12 bits per heavy atom. The lowest BCUT2D eigenvalue weighted by Gasteiger charge is -2.34. The molecule has 3 rings (SSSR count). The largest absolute Gasteiger partial charge is 0.368 e. The Kier molecular flexibility index (Phi) is 5.71. The van der Waals surface area contributed by atoms with Crippen molar-refractivity contribution < 1.29 is 14.3 Å². The van der Waals surface area contributed by atoms with Gasteiger partial charge in [0.2, 0.25) is 5.91 Å².